The molecule has 0 spiro atoms. The number of nitrogens with zero attached hydrogens (tertiary/aromatic N) is 1. The first-order valence-corrected chi connectivity index (χ1v) is 4.80. The van der Waals surface area contributed by atoms with Gasteiger partial charge in [-0.25, -0.2) is 4.39 Å². The zero-order valence-electron chi connectivity index (χ0n) is 8.77. The number of nitrogens with one attached hydrogen (secondary N) is 1. The first kappa shape index (κ1) is 10.4. The Hall–Kier alpha value is -2.10. The highest BCUT2D eigenvalue weighted by Crippen LogP contribution is 2.23. The second-order valence-electron chi connectivity index (χ2n) is 3.21. The SMILES string of the molecule is COc1ccc(Nc2ccncc2)c(F)c1. The van der Waals surface area contributed by atoms with Gasteiger partial charge in [-0.05, 0) is 24.3 Å². The van der Waals surface area contributed by atoms with E-state index in [1.807, 2.05) is 0 Å². The van der Waals surface area contributed by atoms with Crippen LogP contribution in [0.25, 0.3) is 0 Å². The van der Waals surface area contributed by atoms with Crippen LogP contribution in [0.5, 0.6) is 5.75 Å². The van der Waals surface area contributed by atoms with Crippen molar-refractivity contribution in [3.63, 3.8) is 0 Å². The second-order valence-corrected chi connectivity index (χ2v) is 3.21. The summed E-state index contributed by atoms with van der Waals surface area (Å²) < 4.78 is 18.5. The third-order valence-corrected chi connectivity index (χ3v) is 2.14. The summed E-state index contributed by atoms with van der Waals surface area (Å²) in [6, 6.07) is 8.21. The number of hydrogen-bond acceptors (Lipinski definition) is 3. The van der Waals surface area contributed by atoms with Gasteiger partial charge in [-0.2, -0.15) is 0 Å². The van der Waals surface area contributed by atoms with E-state index in [1.54, 1.807) is 36.7 Å². The molecule has 3 nitrogen and oxygen atoms in total. The maximum absolute atomic E-state index is 13.6. The van der Waals surface area contributed by atoms with Crippen molar-refractivity contribution in [2.24, 2.45) is 0 Å². The molecule has 1 N–H and O–H groups in total. The third kappa shape index (κ3) is 2.28. The van der Waals surface area contributed by atoms with Crippen LogP contribution in [0.3, 0.4) is 0 Å². The highest BCUT2D eigenvalue weighted by molar-refractivity contribution is 5.60. The van der Waals surface area contributed by atoms with Crippen molar-refractivity contribution < 1.29 is 9.13 Å². The van der Waals surface area contributed by atoms with Gasteiger partial charge in [-0.3, -0.25) is 4.98 Å². The van der Waals surface area contributed by atoms with Gasteiger partial charge in [-0.15, -0.1) is 0 Å². The maximum Gasteiger partial charge on any atom is 0.150 e. The number of halogens is 1. The zero-order valence-corrected chi connectivity index (χ0v) is 8.77. The summed E-state index contributed by atoms with van der Waals surface area (Å²) in [5.41, 5.74) is 1.20. The molecule has 0 bridgehead atoms. The molecule has 2 rings (SSSR count). The average Bonchev–Trinajstić information content (AvgIpc) is 2.33. The van der Waals surface area contributed by atoms with E-state index in [-0.39, 0.29) is 5.82 Å². The molecule has 82 valence electrons. The van der Waals surface area contributed by atoms with E-state index < -0.39 is 0 Å². The van der Waals surface area contributed by atoms with Crippen LogP contribution in [0.2, 0.25) is 0 Å². The minimum Gasteiger partial charge on any atom is -0.497 e. The topological polar surface area (TPSA) is 34.1 Å². The summed E-state index contributed by atoms with van der Waals surface area (Å²) >= 11 is 0. The van der Waals surface area contributed by atoms with E-state index in [2.05, 4.69) is 10.3 Å². The van der Waals surface area contributed by atoms with Crippen LogP contribution >= 0.6 is 0 Å². The van der Waals surface area contributed by atoms with Crippen molar-refractivity contribution in [2.75, 3.05) is 12.4 Å². The molecule has 4 heteroatoms. The van der Waals surface area contributed by atoms with Gasteiger partial charge in [0.1, 0.15) is 11.6 Å². The standard InChI is InChI=1S/C12H11FN2O/c1-16-10-2-3-12(11(13)8-10)15-9-4-6-14-7-5-9/h2-8H,1H3,(H,14,15). The summed E-state index contributed by atoms with van der Waals surface area (Å²) in [7, 11) is 1.50. The number of hydrogen-bond donors (Lipinski definition) is 1. The normalized spacial score (nSPS) is 9.88. The first-order chi connectivity index (χ1) is 7.79. The molecule has 0 saturated heterocycles. The Morgan fingerprint density at radius 2 is 1.94 bits per heavy atom. The molecule has 0 fully saturated rings. The number of anilines is 2. The highest BCUT2D eigenvalue weighted by atomic mass is 19.1. The van der Waals surface area contributed by atoms with E-state index in [4.69, 9.17) is 4.74 Å². The average molecular weight is 218 g/mol. The summed E-state index contributed by atoms with van der Waals surface area (Å²) in [5, 5.41) is 2.95. The third-order valence-electron chi connectivity index (χ3n) is 2.14. The van der Waals surface area contributed by atoms with E-state index in [0.29, 0.717) is 11.4 Å². The lowest BCUT2D eigenvalue weighted by atomic mass is 10.2. The van der Waals surface area contributed by atoms with Crippen molar-refractivity contribution in [3.8, 4) is 5.75 Å². The molecular weight excluding hydrogens is 207 g/mol. The molecule has 0 aliphatic carbocycles. The van der Waals surface area contributed by atoms with E-state index in [1.165, 1.54) is 13.2 Å². The highest BCUT2D eigenvalue weighted by Gasteiger charge is 2.03. The Morgan fingerprint density at radius 3 is 2.56 bits per heavy atom. The van der Waals surface area contributed by atoms with E-state index in [0.717, 1.165) is 5.69 Å². The van der Waals surface area contributed by atoms with Crippen LogP contribution in [-0.2, 0) is 0 Å². The molecule has 1 aromatic heterocycles. The number of ether oxygens (including phenoxy) is 1. The van der Waals surface area contributed by atoms with Gasteiger partial charge < -0.3 is 10.1 Å². The summed E-state index contributed by atoms with van der Waals surface area (Å²) in [6.45, 7) is 0. The van der Waals surface area contributed by atoms with Gasteiger partial charge in [0.2, 0.25) is 0 Å². The van der Waals surface area contributed by atoms with Gasteiger partial charge in [0.25, 0.3) is 0 Å². The van der Waals surface area contributed by atoms with E-state index in [9.17, 15) is 4.39 Å². The van der Waals surface area contributed by atoms with Gasteiger partial charge in [-0.1, -0.05) is 0 Å². The number of benzene rings is 1. The van der Waals surface area contributed by atoms with Crippen LogP contribution < -0.4 is 10.1 Å². The first-order valence-electron chi connectivity index (χ1n) is 4.80. The lowest BCUT2D eigenvalue weighted by molar-refractivity contribution is 0.411. The molecule has 0 radical (unpaired) electrons. The largest absolute Gasteiger partial charge is 0.497 e. The van der Waals surface area contributed by atoms with Crippen molar-refractivity contribution in [2.45, 2.75) is 0 Å². The fourth-order valence-corrected chi connectivity index (χ4v) is 1.31. The lowest BCUT2D eigenvalue weighted by Gasteiger charge is -2.08. The van der Waals surface area contributed by atoms with Crippen LogP contribution in [0.15, 0.2) is 42.7 Å². The van der Waals surface area contributed by atoms with Crippen molar-refractivity contribution in [1.29, 1.82) is 0 Å². The predicted octanol–water partition coefficient (Wildman–Crippen LogP) is 2.97. The quantitative estimate of drug-likeness (QED) is 0.859. The summed E-state index contributed by atoms with van der Waals surface area (Å²) in [6.07, 6.45) is 3.29. The Kier molecular flexibility index (Phi) is 3.00. The smallest absolute Gasteiger partial charge is 0.150 e. The van der Waals surface area contributed by atoms with Crippen molar-refractivity contribution in [3.05, 3.63) is 48.5 Å². The maximum atomic E-state index is 13.6. The molecule has 0 amide bonds. The number of methoxy groups -OCH3 is 1. The van der Waals surface area contributed by atoms with Crippen LogP contribution in [0.4, 0.5) is 15.8 Å². The van der Waals surface area contributed by atoms with Gasteiger partial charge >= 0.3 is 0 Å². The van der Waals surface area contributed by atoms with Crippen LogP contribution in [-0.4, -0.2) is 12.1 Å². The molecule has 16 heavy (non-hydrogen) atoms. The Balaban J connectivity index is 2.22. The minimum atomic E-state index is -0.351. The fraction of sp³-hybridized carbons (Fsp3) is 0.0833. The predicted molar refractivity (Wildman–Crippen MR) is 60.5 cm³/mol. The molecule has 0 aliphatic heterocycles. The number of rotatable bonds is 3. The van der Waals surface area contributed by atoms with Crippen molar-refractivity contribution in [1.82, 2.24) is 4.98 Å². The zero-order chi connectivity index (χ0) is 11.4. The number of pyridine rings is 1. The molecule has 2 aromatic rings. The Labute approximate surface area is 92.9 Å². The van der Waals surface area contributed by atoms with Gasteiger partial charge in [0.15, 0.2) is 0 Å². The molecule has 1 heterocycles. The van der Waals surface area contributed by atoms with Crippen LogP contribution in [0.1, 0.15) is 0 Å². The lowest BCUT2D eigenvalue weighted by Crippen LogP contribution is -1.94. The molecule has 1 aromatic carbocycles. The molecular formula is C12H11FN2O. The van der Waals surface area contributed by atoms with Gasteiger partial charge in [0.05, 0.1) is 12.8 Å². The second kappa shape index (κ2) is 4.61. The Bertz CT molecular complexity index is 474. The minimum absolute atomic E-state index is 0.351. The molecule has 0 atom stereocenters. The summed E-state index contributed by atoms with van der Waals surface area (Å²) in [5.74, 6) is 0.147. The van der Waals surface area contributed by atoms with Crippen LogP contribution in [0, 0.1) is 5.82 Å². The molecule has 0 unspecified atom stereocenters. The fourth-order valence-electron chi connectivity index (χ4n) is 1.31. The van der Waals surface area contributed by atoms with Gasteiger partial charge in [0, 0.05) is 24.1 Å². The summed E-state index contributed by atoms with van der Waals surface area (Å²) in [4.78, 5) is 3.88. The van der Waals surface area contributed by atoms with Crippen molar-refractivity contribution >= 4 is 11.4 Å². The number of aromatic nitrogens is 1. The Morgan fingerprint density at radius 1 is 1.19 bits per heavy atom. The van der Waals surface area contributed by atoms with E-state index >= 15 is 0 Å². The molecule has 0 aliphatic rings. The molecule has 0 saturated carbocycles. The monoisotopic (exact) mass is 218 g/mol.